The Bertz CT molecular complexity index is 169. The molecule has 4 nitrogen and oxygen atoms in total. The Labute approximate surface area is 79.8 Å². The van der Waals surface area contributed by atoms with Gasteiger partial charge in [0.05, 0.1) is 0 Å². The molecular weight excluding hydrogens is 168 g/mol. The summed E-state index contributed by atoms with van der Waals surface area (Å²) in [7, 11) is 0. The molecule has 0 radical (unpaired) electrons. The minimum atomic E-state index is -0.361. The predicted molar refractivity (Wildman–Crippen MR) is 52.1 cm³/mol. The van der Waals surface area contributed by atoms with E-state index in [4.69, 9.17) is 4.74 Å². The number of rotatable bonds is 0. The molecule has 0 bridgehead atoms. The van der Waals surface area contributed by atoms with Gasteiger partial charge >= 0.3 is 6.09 Å². The molecule has 1 saturated heterocycles. The van der Waals surface area contributed by atoms with Crippen molar-refractivity contribution in [2.75, 3.05) is 13.1 Å². The summed E-state index contributed by atoms with van der Waals surface area (Å²) >= 11 is 0. The Hall–Kier alpha value is -0.770. The Morgan fingerprint density at radius 1 is 1.23 bits per heavy atom. The van der Waals surface area contributed by atoms with Crippen LogP contribution in [0.3, 0.4) is 0 Å². The van der Waals surface area contributed by atoms with E-state index in [1.54, 1.807) is 4.90 Å². The van der Waals surface area contributed by atoms with E-state index in [0.29, 0.717) is 0 Å². The number of hydrogen-bond acceptors (Lipinski definition) is 3. The lowest BCUT2D eigenvalue weighted by Gasteiger charge is -2.23. The van der Waals surface area contributed by atoms with Gasteiger partial charge in [-0.15, -0.1) is 0 Å². The van der Waals surface area contributed by atoms with E-state index in [2.05, 4.69) is 0 Å². The van der Waals surface area contributed by atoms with Crippen LogP contribution in [-0.4, -0.2) is 29.7 Å². The first-order valence-electron chi connectivity index (χ1n) is 4.47. The number of ether oxygens (including phenoxy) is 1. The van der Waals surface area contributed by atoms with Gasteiger partial charge in [0.1, 0.15) is 5.60 Å². The number of carbonyl (C=O) groups excluding carboxylic acids is 1. The fraction of sp³-hybridized carbons (Fsp3) is 0.889. The summed E-state index contributed by atoms with van der Waals surface area (Å²) in [6, 6.07) is 0. The number of nitrogens with zero attached hydrogens (tertiary/aromatic N) is 1. The maximum atomic E-state index is 11.4. The van der Waals surface area contributed by atoms with Gasteiger partial charge in [0, 0.05) is 13.1 Å². The van der Waals surface area contributed by atoms with E-state index in [1.807, 2.05) is 20.8 Å². The smallest absolute Gasteiger partial charge is 0.410 e. The van der Waals surface area contributed by atoms with Crippen LogP contribution < -0.4 is 6.15 Å². The minimum absolute atomic E-state index is 0. The van der Waals surface area contributed by atoms with E-state index < -0.39 is 0 Å². The molecule has 0 aromatic heterocycles. The van der Waals surface area contributed by atoms with Crippen molar-refractivity contribution in [1.29, 1.82) is 0 Å². The third kappa shape index (κ3) is 4.12. The highest BCUT2D eigenvalue weighted by atomic mass is 16.6. The average molecular weight is 188 g/mol. The van der Waals surface area contributed by atoms with Crippen molar-refractivity contribution in [2.24, 2.45) is 0 Å². The average Bonchev–Trinajstić information content (AvgIpc) is 2.32. The van der Waals surface area contributed by atoms with Gasteiger partial charge in [-0.1, -0.05) is 0 Å². The summed E-state index contributed by atoms with van der Waals surface area (Å²) in [5.41, 5.74) is -0.361. The van der Waals surface area contributed by atoms with Gasteiger partial charge in [-0.2, -0.15) is 0 Å². The highest BCUT2D eigenvalue weighted by Gasteiger charge is 2.23. The monoisotopic (exact) mass is 188 g/mol. The third-order valence-corrected chi connectivity index (χ3v) is 1.76. The minimum Gasteiger partial charge on any atom is -0.444 e. The van der Waals surface area contributed by atoms with Crippen molar-refractivity contribution in [3.8, 4) is 0 Å². The summed E-state index contributed by atoms with van der Waals surface area (Å²) < 4.78 is 5.21. The molecule has 1 rings (SSSR count). The molecule has 13 heavy (non-hydrogen) atoms. The highest BCUT2D eigenvalue weighted by Crippen LogP contribution is 2.14. The zero-order chi connectivity index (χ0) is 9.19. The standard InChI is InChI=1S/C9H17NO2.H3N/c1-9(2,3)12-8(11)10-6-4-5-7-10;/h4-7H2,1-3H3;1H3. The van der Waals surface area contributed by atoms with Crippen LogP contribution in [0.2, 0.25) is 0 Å². The first-order valence-corrected chi connectivity index (χ1v) is 4.47. The molecule has 78 valence electrons. The molecule has 0 saturated carbocycles. The molecule has 4 heteroatoms. The molecule has 1 fully saturated rings. The fourth-order valence-electron chi connectivity index (χ4n) is 1.23. The highest BCUT2D eigenvalue weighted by molar-refractivity contribution is 5.68. The normalized spacial score (nSPS) is 16.7. The zero-order valence-corrected chi connectivity index (χ0v) is 8.80. The van der Waals surface area contributed by atoms with Crippen LogP contribution in [0.1, 0.15) is 33.6 Å². The van der Waals surface area contributed by atoms with E-state index in [1.165, 1.54) is 0 Å². The molecule has 0 aromatic rings. The summed E-state index contributed by atoms with van der Waals surface area (Å²) in [5.74, 6) is 0. The topological polar surface area (TPSA) is 64.5 Å². The Kier molecular flexibility index (Phi) is 4.20. The maximum absolute atomic E-state index is 11.4. The number of amides is 1. The van der Waals surface area contributed by atoms with Gasteiger partial charge in [0.2, 0.25) is 0 Å². The van der Waals surface area contributed by atoms with Crippen LogP contribution in [0.15, 0.2) is 0 Å². The Balaban J connectivity index is 0.00000144. The van der Waals surface area contributed by atoms with Gasteiger partial charge < -0.3 is 15.8 Å². The second-order valence-corrected chi connectivity index (χ2v) is 4.17. The SMILES string of the molecule is CC(C)(C)OC(=O)N1CCCC1.N. The molecule has 0 atom stereocenters. The molecule has 0 aliphatic carbocycles. The lowest BCUT2D eigenvalue weighted by Crippen LogP contribution is -2.34. The number of hydrogen-bond donors (Lipinski definition) is 1. The van der Waals surface area contributed by atoms with Crippen molar-refractivity contribution in [3.05, 3.63) is 0 Å². The summed E-state index contributed by atoms with van der Waals surface area (Å²) in [6.45, 7) is 7.38. The summed E-state index contributed by atoms with van der Waals surface area (Å²) in [4.78, 5) is 13.1. The van der Waals surface area contributed by atoms with Crippen molar-refractivity contribution < 1.29 is 9.53 Å². The fourth-order valence-corrected chi connectivity index (χ4v) is 1.23. The summed E-state index contributed by atoms with van der Waals surface area (Å²) in [6.07, 6.45) is 2.05. The van der Waals surface area contributed by atoms with Crippen LogP contribution in [0.25, 0.3) is 0 Å². The molecule has 1 heterocycles. The first-order chi connectivity index (χ1) is 5.49. The molecule has 0 aromatic carbocycles. The van der Waals surface area contributed by atoms with Gasteiger partial charge in [0.25, 0.3) is 0 Å². The van der Waals surface area contributed by atoms with Crippen molar-refractivity contribution in [1.82, 2.24) is 11.1 Å². The third-order valence-electron chi connectivity index (χ3n) is 1.76. The Morgan fingerprint density at radius 2 is 1.69 bits per heavy atom. The van der Waals surface area contributed by atoms with Gasteiger partial charge in [0.15, 0.2) is 0 Å². The lowest BCUT2D eigenvalue weighted by atomic mass is 10.2. The van der Waals surface area contributed by atoms with Crippen LogP contribution >= 0.6 is 0 Å². The number of likely N-dealkylation sites (tertiary alicyclic amines) is 1. The second-order valence-electron chi connectivity index (χ2n) is 4.17. The molecule has 0 spiro atoms. The predicted octanol–water partition coefficient (Wildman–Crippen LogP) is 2.18. The molecular formula is C9H20N2O2. The van der Waals surface area contributed by atoms with E-state index in [-0.39, 0.29) is 17.8 Å². The van der Waals surface area contributed by atoms with E-state index in [0.717, 1.165) is 25.9 Å². The molecule has 3 N–H and O–H groups in total. The molecule has 1 aliphatic rings. The van der Waals surface area contributed by atoms with Gasteiger partial charge in [-0.05, 0) is 33.6 Å². The van der Waals surface area contributed by atoms with Crippen LogP contribution in [0.4, 0.5) is 4.79 Å². The zero-order valence-electron chi connectivity index (χ0n) is 8.80. The van der Waals surface area contributed by atoms with E-state index >= 15 is 0 Å². The lowest BCUT2D eigenvalue weighted by molar-refractivity contribution is 0.0295. The molecule has 0 unspecified atom stereocenters. The first kappa shape index (κ1) is 12.2. The van der Waals surface area contributed by atoms with Crippen molar-refractivity contribution >= 4 is 6.09 Å². The number of carbonyl (C=O) groups is 1. The second kappa shape index (κ2) is 4.46. The van der Waals surface area contributed by atoms with Gasteiger partial charge in [-0.3, -0.25) is 0 Å². The molecule has 1 amide bonds. The van der Waals surface area contributed by atoms with Crippen molar-refractivity contribution in [3.63, 3.8) is 0 Å². The van der Waals surface area contributed by atoms with Crippen LogP contribution in [-0.2, 0) is 4.74 Å². The Morgan fingerprint density at radius 3 is 2.08 bits per heavy atom. The quantitative estimate of drug-likeness (QED) is 0.633. The van der Waals surface area contributed by atoms with E-state index in [9.17, 15) is 4.79 Å². The maximum Gasteiger partial charge on any atom is 0.410 e. The summed E-state index contributed by atoms with van der Waals surface area (Å²) in [5, 5.41) is 0. The van der Waals surface area contributed by atoms with Crippen molar-refractivity contribution in [2.45, 2.75) is 39.2 Å². The van der Waals surface area contributed by atoms with Gasteiger partial charge in [-0.25, -0.2) is 4.79 Å². The van der Waals surface area contributed by atoms with Crippen LogP contribution in [0, 0.1) is 0 Å². The van der Waals surface area contributed by atoms with Crippen LogP contribution in [0.5, 0.6) is 0 Å². The largest absolute Gasteiger partial charge is 0.444 e. The molecule has 1 aliphatic heterocycles.